The molecule has 0 unspecified atom stereocenters. The highest BCUT2D eigenvalue weighted by Crippen LogP contribution is 2.45. The van der Waals surface area contributed by atoms with Gasteiger partial charge in [0.05, 0.1) is 0 Å². The van der Waals surface area contributed by atoms with Crippen molar-refractivity contribution in [2.75, 3.05) is 4.90 Å². The van der Waals surface area contributed by atoms with E-state index in [1.54, 1.807) is 4.90 Å². The molecular weight excluding hydrogens is 412 g/mol. The first-order valence-corrected chi connectivity index (χ1v) is 10.8. The van der Waals surface area contributed by atoms with Gasteiger partial charge < -0.3 is 9.84 Å². The number of rotatable bonds is 5. The molecule has 1 aliphatic rings. The Hall–Kier alpha value is -2.48. The van der Waals surface area contributed by atoms with Gasteiger partial charge in [-0.15, -0.1) is 11.3 Å². The minimum atomic E-state index is -1.53. The summed E-state index contributed by atoms with van der Waals surface area (Å²) in [5, 5.41) is 9.47. The van der Waals surface area contributed by atoms with Crippen LogP contribution in [0.3, 0.4) is 0 Å². The number of anilines is 1. The van der Waals surface area contributed by atoms with Crippen LogP contribution in [0.2, 0.25) is 0 Å². The number of benzene rings is 1. The van der Waals surface area contributed by atoms with E-state index >= 15 is 0 Å². The lowest BCUT2D eigenvalue weighted by atomic mass is 9.82. The number of amides is 1. The molecule has 162 valence electrons. The maximum absolute atomic E-state index is 14.3. The maximum atomic E-state index is 14.3. The van der Waals surface area contributed by atoms with Gasteiger partial charge in [-0.2, -0.15) is 0 Å². The van der Waals surface area contributed by atoms with E-state index < -0.39 is 17.8 Å². The number of nitrogens with zero attached hydrogens (tertiary/aromatic N) is 1. The van der Waals surface area contributed by atoms with Crippen molar-refractivity contribution in [2.45, 2.75) is 52.5 Å². The number of hydrogen-bond acceptors (Lipinski definition) is 4. The molecule has 1 amide bonds. The average Bonchev–Trinajstić information content (AvgIpc) is 3.04. The van der Waals surface area contributed by atoms with E-state index in [0.717, 1.165) is 49.2 Å². The van der Waals surface area contributed by atoms with Crippen LogP contribution in [0.15, 0.2) is 24.3 Å². The molecular formula is C22H25F2NO4S. The SMILES string of the molecule is CC1CCC(C(=O)N(c2sc(-c3ccc(F)cc3F)cc2OC(=O)O)C(C)C)CC1. The molecule has 0 atom stereocenters. The number of thiophene rings is 1. The van der Waals surface area contributed by atoms with Gasteiger partial charge in [-0.3, -0.25) is 9.69 Å². The van der Waals surface area contributed by atoms with Crippen molar-refractivity contribution in [3.63, 3.8) is 0 Å². The average molecular weight is 438 g/mol. The fourth-order valence-corrected chi connectivity index (χ4v) is 5.06. The lowest BCUT2D eigenvalue weighted by molar-refractivity contribution is -0.123. The monoisotopic (exact) mass is 437 g/mol. The molecule has 1 fully saturated rings. The smallest absolute Gasteiger partial charge is 0.449 e. The predicted octanol–water partition coefficient (Wildman–Crippen LogP) is 6.32. The van der Waals surface area contributed by atoms with E-state index in [1.807, 2.05) is 13.8 Å². The first kappa shape index (κ1) is 22.2. The van der Waals surface area contributed by atoms with Crippen LogP contribution in [-0.2, 0) is 4.79 Å². The van der Waals surface area contributed by atoms with Gasteiger partial charge in [-0.25, -0.2) is 13.6 Å². The molecule has 0 spiro atoms. The maximum Gasteiger partial charge on any atom is 0.511 e. The normalized spacial score (nSPS) is 19.0. The molecule has 0 bridgehead atoms. The van der Waals surface area contributed by atoms with Crippen molar-refractivity contribution in [3.8, 4) is 16.2 Å². The molecule has 1 aromatic heterocycles. The summed E-state index contributed by atoms with van der Waals surface area (Å²) in [5.74, 6) is -1.15. The number of ether oxygens (including phenoxy) is 1. The Morgan fingerprint density at radius 3 is 2.40 bits per heavy atom. The lowest BCUT2D eigenvalue weighted by Gasteiger charge is -2.33. The van der Waals surface area contributed by atoms with Crippen LogP contribution in [-0.4, -0.2) is 23.2 Å². The fraction of sp³-hybridized carbons (Fsp3) is 0.455. The molecule has 0 radical (unpaired) electrons. The summed E-state index contributed by atoms with van der Waals surface area (Å²) in [5.41, 5.74) is 0.116. The second-order valence-corrected chi connectivity index (χ2v) is 9.06. The van der Waals surface area contributed by atoms with E-state index in [-0.39, 0.29) is 29.2 Å². The van der Waals surface area contributed by atoms with Crippen LogP contribution >= 0.6 is 11.3 Å². The minimum Gasteiger partial charge on any atom is -0.449 e. The summed E-state index contributed by atoms with van der Waals surface area (Å²) in [6.45, 7) is 5.85. The highest BCUT2D eigenvalue weighted by Gasteiger charge is 2.33. The third-order valence-corrected chi connectivity index (χ3v) is 6.56. The molecule has 0 aliphatic heterocycles. The lowest BCUT2D eigenvalue weighted by Crippen LogP contribution is -2.42. The van der Waals surface area contributed by atoms with Crippen molar-refractivity contribution in [3.05, 3.63) is 35.9 Å². The number of hydrogen-bond donors (Lipinski definition) is 1. The molecule has 2 aromatic rings. The summed E-state index contributed by atoms with van der Waals surface area (Å²) >= 11 is 1.06. The van der Waals surface area contributed by atoms with Crippen molar-refractivity contribution >= 4 is 28.4 Å². The molecule has 30 heavy (non-hydrogen) atoms. The Labute approximate surface area is 178 Å². The van der Waals surface area contributed by atoms with Gasteiger partial charge in [0, 0.05) is 34.5 Å². The minimum absolute atomic E-state index is 0.0301. The molecule has 8 heteroatoms. The van der Waals surface area contributed by atoms with Gasteiger partial charge in [0.2, 0.25) is 5.91 Å². The van der Waals surface area contributed by atoms with Crippen LogP contribution < -0.4 is 9.64 Å². The van der Waals surface area contributed by atoms with Gasteiger partial charge in [0.25, 0.3) is 0 Å². The van der Waals surface area contributed by atoms with Gasteiger partial charge >= 0.3 is 6.16 Å². The van der Waals surface area contributed by atoms with E-state index in [4.69, 9.17) is 9.84 Å². The van der Waals surface area contributed by atoms with E-state index in [1.165, 1.54) is 12.1 Å². The largest absolute Gasteiger partial charge is 0.511 e. The molecule has 1 saturated carbocycles. The summed E-state index contributed by atoms with van der Waals surface area (Å²) in [7, 11) is 0. The Morgan fingerprint density at radius 2 is 1.83 bits per heavy atom. The van der Waals surface area contributed by atoms with E-state index in [0.29, 0.717) is 15.8 Å². The predicted molar refractivity (Wildman–Crippen MR) is 112 cm³/mol. The van der Waals surface area contributed by atoms with Gasteiger partial charge in [-0.1, -0.05) is 6.92 Å². The Bertz CT molecular complexity index is 935. The van der Waals surface area contributed by atoms with Crippen LogP contribution in [0.25, 0.3) is 10.4 Å². The topological polar surface area (TPSA) is 66.8 Å². The second-order valence-electron chi connectivity index (χ2n) is 8.03. The molecule has 1 heterocycles. The third kappa shape index (κ3) is 4.80. The van der Waals surface area contributed by atoms with Gasteiger partial charge in [-0.05, 0) is 57.6 Å². The number of carboxylic acid groups (broad SMARTS) is 1. The van der Waals surface area contributed by atoms with E-state index in [2.05, 4.69) is 6.92 Å². The zero-order valence-electron chi connectivity index (χ0n) is 17.2. The third-order valence-electron chi connectivity index (χ3n) is 5.41. The van der Waals surface area contributed by atoms with Crippen LogP contribution in [0, 0.1) is 23.5 Å². The quantitative estimate of drug-likeness (QED) is 0.556. The molecule has 1 aliphatic carbocycles. The van der Waals surface area contributed by atoms with Crippen LogP contribution in [0.1, 0.15) is 46.5 Å². The highest BCUT2D eigenvalue weighted by atomic mass is 32.1. The zero-order chi connectivity index (χ0) is 22.0. The summed E-state index contributed by atoms with van der Waals surface area (Å²) in [4.78, 5) is 26.5. The standard InChI is InChI=1S/C22H25F2NO4S/c1-12(2)25(20(26)14-6-4-13(3)5-7-14)21-18(29-22(27)28)11-19(30-21)16-9-8-15(23)10-17(16)24/h8-14H,4-7H2,1-3H3,(H,27,28). The molecule has 1 aromatic carbocycles. The Balaban J connectivity index is 2.02. The molecule has 5 nitrogen and oxygen atoms in total. The molecule has 1 N–H and O–H groups in total. The zero-order valence-corrected chi connectivity index (χ0v) is 18.0. The molecule has 0 saturated heterocycles. The van der Waals surface area contributed by atoms with Crippen molar-refractivity contribution in [2.24, 2.45) is 11.8 Å². The van der Waals surface area contributed by atoms with Crippen molar-refractivity contribution < 1.29 is 28.2 Å². The van der Waals surface area contributed by atoms with Crippen molar-refractivity contribution in [1.29, 1.82) is 0 Å². The van der Waals surface area contributed by atoms with Crippen LogP contribution in [0.4, 0.5) is 18.6 Å². The number of carbonyl (C=O) groups is 2. The highest BCUT2D eigenvalue weighted by molar-refractivity contribution is 7.20. The Morgan fingerprint density at radius 1 is 1.17 bits per heavy atom. The fourth-order valence-electron chi connectivity index (χ4n) is 3.81. The van der Waals surface area contributed by atoms with Crippen LogP contribution in [0.5, 0.6) is 5.75 Å². The summed E-state index contributed by atoms with van der Waals surface area (Å²) in [6.07, 6.45) is 1.98. The van der Waals surface area contributed by atoms with Crippen molar-refractivity contribution in [1.82, 2.24) is 0 Å². The summed E-state index contributed by atoms with van der Waals surface area (Å²) in [6, 6.07) is 4.31. The second kappa shape index (κ2) is 9.12. The number of halogens is 2. The first-order chi connectivity index (χ1) is 14.2. The number of carbonyl (C=O) groups excluding carboxylic acids is 1. The Kier molecular flexibility index (Phi) is 6.75. The van der Waals surface area contributed by atoms with Gasteiger partial charge in [0.15, 0.2) is 5.75 Å². The first-order valence-electron chi connectivity index (χ1n) is 10.0. The molecule has 3 rings (SSSR count). The van der Waals surface area contributed by atoms with E-state index in [9.17, 15) is 18.4 Å². The summed E-state index contributed by atoms with van der Waals surface area (Å²) < 4.78 is 32.5. The van der Waals surface area contributed by atoms with Gasteiger partial charge in [0.1, 0.15) is 16.6 Å².